The second-order valence-electron chi connectivity index (χ2n) is 8.72. The molecule has 0 spiro atoms. The number of ketones is 1. The van der Waals surface area contributed by atoms with Crippen molar-refractivity contribution in [3.8, 4) is 0 Å². The number of piperidine rings is 1. The summed E-state index contributed by atoms with van der Waals surface area (Å²) in [6.07, 6.45) is 1.11. The van der Waals surface area contributed by atoms with E-state index in [1.807, 2.05) is 42.5 Å². The standard InChI is InChI=1S/C26H28N4O5/c27-24(28-13-10-17-4-2-1-3-5-17)20-8-6-18(7-9-20)21-16-22(35-29-21)25(32)30-14-11-19(12-15-30)23(31)26(33)34/h1-9,19,22H,10-16H2,(H2,27,28)(H,33,34). The molecule has 1 saturated heterocycles. The summed E-state index contributed by atoms with van der Waals surface area (Å²) in [5.74, 6) is -2.61. The number of carboxylic acids is 1. The zero-order valence-corrected chi connectivity index (χ0v) is 19.3. The second kappa shape index (κ2) is 10.9. The molecule has 35 heavy (non-hydrogen) atoms. The highest BCUT2D eigenvalue weighted by Crippen LogP contribution is 2.23. The molecule has 1 fully saturated rings. The SMILES string of the molecule is N=C(NCCc1ccccc1)c1ccc(C2=NOC(C(=O)N3CCC(C(=O)C(=O)O)CC3)C2)cc1. The first-order valence-corrected chi connectivity index (χ1v) is 11.7. The average Bonchev–Trinajstić information content (AvgIpc) is 3.39. The number of amides is 1. The fourth-order valence-corrected chi connectivity index (χ4v) is 4.33. The van der Waals surface area contributed by atoms with Gasteiger partial charge in [-0.25, -0.2) is 4.79 Å². The maximum Gasteiger partial charge on any atom is 0.372 e. The fraction of sp³-hybridized carbons (Fsp3) is 0.346. The van der Waals surface area contributed by atoms with Crippen LogP contribution in [0.15, 0.2) is 59.8 Å². The summed E-state index contributed by atoms with van der Waals surface area (Å²) in [6.45, 7) is 1.31. The molecule has 0 aromatic heterocycles. The number of rotatable bonds is 8. The lowest BCUT2D eigenvalue weighted by Gasteiger charge is -2.31. The van der Waals surface area contributed by atoms with Crippen LogP contribution in [0.3, 0.4) is 0 Å². The van der Waals surface area contributed by atoms with Gasteiger partial charge in [0.25, 0.3) is 5.91 Å². The molecule has 0 radical (unpaired) electrons. The molecule has 182 valence electrons. The van der Waals surface area contributed by atoms with Crippen molar-refractivity contribution in [2.75, 3.05) is 19.6 Å². The maximum atomic E-state index is 12.8. The molecule has 9 heteroatoms. The van der Waals surface area contributed by atoms with Crippen molar-refractivity contribution in [1.82, 2.24) is 10.2 Å². The molecule has 0 bridgehead atoms. The van der Waals surface area contributed by atoms with Crippen molar-refractivity contribution in [2.45, 2.75) is 31.8 Å². The average molecular weight is 477 g/mol. The van der Waals surface area contributed by atoms with E-state index in [0.717, 1.165) is 17.5 Å². The molecule has 2 aromatic rings. The Morgan fingerprint density at radius 2 is 1.74 bits per heavy atom. The van der Waals surface area contributed by atoms with Gasteiger partial charge in [0.15, 0.2) is 0 Å². The normalized spacial score (nSPS) is 17.9. The van der Waals surface area contributed by atoms with Crippen molar-refractivity contribution in [2.24, 2.45) is 11.1 Å². The maximum absolute atomic E-state index is 12.8. The van der Waals surface area contributed by atoms with Gasteiger partial charge in [-0.05, 0) is 30.4 Å². The van der Waals surface area contributed by atoms with E-state index < -0.39 is 23.8 Å². The number of hydrogen-bond donors (Lipinski definition) is 3. The van der Waals surface area contributed by atoms with Crippen molar-refractivity contribution in [3.05, 3.63) is 71.3 Å². The first kappa shape index (κ1) is 24.1. The van der Waals surface area contributed by atoms with Gasteiger partial charge in [0.2, 0.25) is 11.9 Å². The van der Waals surface area contributed by atoms with Crippen LogP contribution in [0.25, 0.3) is 0 Å². The number of nitrogens with one attached hydrogen (secondary N) is 2. The molecule has 2 aliphatic rings. The van der Waals surface area contributed by atoms with Crippen molar-refractivity contribution < 1.29 is 24.3 Å². The van der Waals surface area contributed by atoms with Gasteiger partial charge in [-0.15, -0.1) is 0 Å². The summed E-state index contributed by atoms with van der Waals surface area (Å²) >= 11 is 0. The molecule has 3 N–H and O–H groups in total. The summed E-state index contributed by atoms with van der Waals surface area (Å²) in [7, 11) is 0. The van der Waals surface area contributed by atoms with Gasteiger partial charge in [0, 0.05) is 37.5 Å². The summed E-state index contributed by atoms with van der Waals surface area (Å²) in [4.78, 5) is 42.4. The number of carbonyl (C=O) groups is 3. The molecule has 4 rings (SSSR count). The Balaban J connectivity index is 1.25. The van der Waals surface area contributed by atoms with Crippen LogP contribution in [0, 0.1) is 11.3 Å². The third-order valence-electron chi connectivity index (χ3n) is 6.40. The third kappa shape index (κ3) is 5.92. The van der Waals surface area contributed by atoms with E-state index in [9.17, 15) is 14.4 Å². The topological polar surface area (TPSA) is 132 Å². The van der Waals surface area contributed by atoms with Gasteiger partial charge in [0.1, 0.15) is 5.84 Å². The molecule has 9 nitrogen and oxygen atoms in total. The van der Waals surface area contributed by atoms with E-state index in [-0.39, 0.29) is 5.91 Å². The minimum atomic E-state index is -1.42. The zero-order chi connectivity index (χ0) is 24.8. The van der Waals surface area contributed by atoms with E-state index >= 15 is 0 Å². The van der Waals surface area contributed by atoms with Crippen LogP contribution in [0.4, 0.5) is 0 Å². The number of benzene rings is 2. The molecule has 2 aromatic carbocycles. The zero-order valence-electron chi connectivity index (χ0n) is 19.3. The Labute approximate surface area is 203 Å². The van der Waals surface area contributed by atoms with Gasteiger partial charge in [-0.3, -0.25) is 15.0 Å². The largest absolute Gasteiger partial charge is 0.475 e. The number of amidine groups is 1. The number of nitrogens with zero attached hydrogens (tertiary/aromatic N) is 2. The summed E-state index contributed by atoms with van der Waals surface area (Å²) < 4.78 is 0. The molecule has 0 aliphatic carbocycles. The Morgan fingerprint density at radius 1 is 1.06 bits per heavy atom. The monoisotopic (exact) mass is 476 g/mol. The van der Waals surface area contributed by atoms with Crippen LogP contribution >= 0.6 is 0 Å². The van der Waals surface area contributed by atoms with E-state index in [1.54, 1.807) is 4.90 Å². The number of Topliss-reactive ketones (excluding diaryl/α,β-unsaturated/α-hetero) is 1. The highest BCUT2D eigenvalue weighted by atomic mass is 16.6. The smallest absolute Gasteiger partial charge is 0.372 e. The van der Waals surface area contributed by atoms with Crippen molar-refractivity contribution in [1.29, 1.82) is 5.41 Å². The molecule has 1 amide bonds. The highest BCUT2D eigenvalue weighted by molar-refractivity contribution is 6.33. The van der Waals surface area contributed by atoms with E-state index in [1.165, 1.54) is 5.56 Å². The van der Waals surface area contributed by atoms with Crippen molar-refractivity contribution >= 4 is 29.2 Å². The number of aliphatic carboxylic acids is 1. The minimum Gasteiger partial charge on any atom is -0.475 e. The van der Waals surface area contributed by atoms with E-state index in [0.29, 0.717) is 50.4 Å². The molecular weight excluding hydrogens is 448 g/mol. The number of carbonyl (C=O) groups excluding carboxylic acids is 2. The van der Waals surface area contributed by atoms with Crippen LogP contribution < -0.4 is 5.32 Å². The van der Waals surface area contributed by atoms with Crippen LogP contribution in [-0.4, -0.2) is 65.0 Å². The van der Waals surface area contributed by atoms with Crippen LogP contribution in [0.1, 0.15) is 36.0 Å². The van der Waals surface area contributed by atoms with Crippen LogP contribution in [0.2, 0.25) is 0 Å². The highest BCUT2D eigenvalue weighted by Gasteiger charge is 2.36. The molecule has 2 heterocycles. The second-order valence-corrected chi connectivity index (χ2v) is 8.72. The number of oxime groups is 1. The molecular formula is C26H28N4O5. The quantitative estimate of drug-likeness (QED) is 0.304. The lowest BCUT2D eigenvalue weighted by atomic mass is 9.92. The van der Waals surface area contributed by atoms with Gasteiger partial charge in [-0.2, -0.15) is 0 Å². The summed E-state index contributed by atoms with van der Waals surface area (Å²) in [5.41, 5.74) is 3.46. The number of likely N-dealkylation sites (tertiary alicyclic amines) is 1. The van der Waals surface area contributed by atoms with Gasteiger partial charge >= 0.3 is 5.97 Å². The number of carboxylic acid groups (broad SMARTS) is 1. The predicted octanol–water partition coefficient (Wildman–Crippen LogP) is 2.23. The Hall–Kier alpha value is -4.01. The Morgan fingerprint density at radius 3 is 2.40 bits per heavy atom. The first-order valence-electron chi connectivity index (χ1n) is 11.7. The lowest BCUT2D eigenvalue weighted by Crippen LogP contribution is -2.45. The molecule has 1 atom stereocenters. The third-order valence-corrected chi connectivity index (χ3v) is 6.40. The van der Waals surface area contributed by atoms with E-state index in [4.69, 9.17) is 15.4 Å². The lowest BCUT2D eigenvalue weighted by molar-refractivity contribution is -0.152. The van der Waals surface area contributed by atoms with Crippen molar-refractivity contribution in [3.63, 3.8) is 0 Å². The predicted molar refractivity (Wildman–Crippen MR) is 129 cm³/mol. The van der Waals surface area contributed by atoms with E-state index in [2.05, 4.69) is 22.6 Å². The molecule has 0 saturated carbocycles. The molecule has 1 unspecified atom stereocenters. The summed E-state index contributed by atoms with van der Waals surface area (Å²) in [6, 6.07) is 17.5. The Bertz CT molecular complexity index is 1120. The van der Waals surface area contributed by atoms with Gasteiger partial charge < -0.3 is 20.2 Å². The van der Waals surface area contributed by atoms with Gasteiger partial charge in [-0.1, -0.05) is 59.8 Å². The Kier molecular flexibility index (Phi) is 7.54. The first-order chi connectivity index (χ1) is 16.9. The van der Waals surface area contributed by atoms with Gasteiger partial charge in [0.05, 0.1) is 5.71 Å². The minimum absolute atomic E-state index is 0.203. The summed E-state index contributed by atoms with van der Waals surface area (Å²) in [5, 5.41) is 24.4. The number of hydrogen-bond acceptors (Lipinski definition) is 6. The van der Waals surface area contributed by atoms with Crippen LogP contribution in [-0.2, 0) is 25.6 Å². The molecule has 2 aliphatic heterocycles. The fourth-order valence-electron chi connectivity index (χ4n) is 4.33. The van der Waals surface area contributed by atoms with Crippen LogP contribution in [0.5, 0.6) is 0 Å².